The van der Waals surface area contributed by atoms with Crippen molar-refractivity contribution in [1.82, 2.24) is 4.31 Å². The molecular formula is C8H13NO2S. The summed E-state index contributed by atoms with van der Waals surface area (Å²) >= 11 is 0. The van der Waals surface area contributed by atoms with Gasteiger partial charge in [0, 0.05) is 12.6 Å². The molecule has 68 valence electrons. The van der Waals surface area contributed by atoms with E-state index in [2.05, 4.69) is 6.08 Å². The number of hydrogen-bond donors (Lipinski definition) is 0. The van der Waals surface area contributed by atoms with Crippen LogP contribution in [0.25, 0.3) is 0 Å². The third-order valence-electron chi connectivity index (χ3n) is 2.50. The van der Waals surface area contributed by atoms with Crippen LogP contribution in [-0.2, 0) is 10.0 Å². The molecule has 2 rings (SSSR count). The van der Waals surface area contributed by atoms with Crippen molar-refractivity contribution in [3.05, 3.63) is 12.2 Å². The molecule has 0 amide bonds. The standard InChI is InChI=1S/C8H13NO2S/c10-12(11)7-3-5-8-4-1-2-6-9(8)12/h1,4,8H,2-3,5-7H2. The maximum Gasteiger partial charge on any atom is 0.214 e. The molecule has 0 aromatic heterocycles. The minimum absolute atomic E-state index is 0.164. The Kier molecular flexibility index (Phi) is 1.96. The van der Waals surface area contributed by atoms with Crippen LogP contribution in [0, 0.1) is 0 Å². The minimum Gasteiger partial charge on any atom is -0.212 e. The first-order valence-electron chi connectivity index (χ1n) is 4.36. The molecule has 4 heteroatoms. The van der Waals surface area contributed by atoms with Crippen molar-refractivity contribution in [1.29, 1.82) is 0 Å². The van der Waals surface area contributed by atoms with Crippen LogP contribution >= 0.6 is 0 Å². The zero-order valence-electron chi connectivity index (χ0n) is 6.94. The third-order valence-corrected chi connectivity index (χ3v) is 4.48. The van der Waals surface area contributed by atoms with Gasteiger partial charge in [0.1, 0.15) is 0 Å². The molecule has 1 saturated heterocycles. The summed E-state index contributed by atoms with van der Waals surface area (Å²) in [5.74, 6) is 0.345. The Morgan fingerprint density at radius 2 is 2.25 bits per heavy atom. The molecule has 0 bridgehead atoms. The molecule has 0 radical (unpaired) electrons. The summed E-state index contributed by atoms with van der Waals surface area (Å²) in [4.78, 5) is 0. The number of fused-ring (bicyclic) bond motifs is 1. The molecule has 1 unspecified atom stereocenters. The second kappa shape index (κ2) is 2.85. The van der Waals surface area contributed by atoms with Crippen molar-refractivity contribution < 1.29 is 8.42 Å². The Morgan fingerprint density at radius 3 is 3.00 bits per heavy atom. The highest BCUT2D eigenvalue weighted by Crippen LogP contribution is 2.24. The van der Waals surface area contributed by atoms with Crippen LogP contribution in [0.3, 0.4) is 0 Å². The van der Waals surface area contributed by atoms with Gasteiger partial charge in [0.2, 0.25) is 10.0 Å². The predicted molar refractivity (Wildman–Crippen MR) is 47.3 cm³/mol. The second-order valence-electron chi connectivity index (χ2n) is 3.35. The maximum atomic E-state index is 11.5. The van der Waals surface area contributed by atoms with Crippen LogP contribution in [0.4, 0.5) is 0 Å². The Balaban J connectivity index is 2.29. The lowest BCUT2D eigenvalue weighted by molar-refractivity contribution is 0.320. The molecule has 0 N–H and O–H groups in total. The van der Waals surface area contributed by atoms with E-state index in [0.29, 0.717) is 12.3 Å². The lowest BCUT2D eigenvalue weighted by atomic mass is 10.1. The zero-order valence-corrected chi connectivity index (χ0v) is 7.76. The van der Waals surface area contributed by atoms with E-state index >= 15 is 0 Å². The summed E-state index contributed by atoms with van der Waals surface area (Å²) in [6, 6.07) is 0.164. The van der Waals surface area contributed by atoms with Crippen molar-refractivity contribution in [3.63, 3.8) is 0 Å². The van der Waals surface area contributed by atoms with Gasteiger partial charge in [-0.3, -0.25) is 0 Å². The van der Waals surface area contributed by atoms with E-state index in [-0.39, 0.29) is 6.04 Å². The first-order chi connectivity index (χ1) is 5.70. The van der Waals surface area contributed by atoms with Crippen molar-refractivity contribution in [2.24, 2.45) is 0 Å². The number of sulfonamides is 1. The van der Waals surface area contributed by atoms with Crippen molar-refractivity contribution >= 4 is 10.0 Å². The van der Waals surface area contributed by atoms with Crippen molar-refractivity contribution in [3.8, 4) is 0 Å². The molecule has 0 aromatic carbocycles. The SMILES string of the molecule is O=S1(=O)CCCC2C=CCCN21. The minimum atomic E-state index is -2.90. The molecule has 12 heavy (non-hydrogen) atoms. The van der Waals surface area contributed by atoms with Gasteiger partial charge in [0.05, 0.1) is 5.75 Å². The lowest BCUT2D eigenvalue weighted by Crippen LogP contribution is -2.46. The topological polar surface area (TPSA) is 37.4 Å². The average Bonchev–Trinajstić information content (AvgIpc) is 2.04. The average molecular weight is 187 g/mol. The fraction of sp³-hybridized carbons (Fsp3) is 0.750. The maximum absolute atomic E-state index is 11.5. The fourth-order valence-electron chi connectivity index (χ4n) is 1.89. The first-order valence-corrected chi connectivity index (χ1v) is 5.97. The van der Waals surface area contributed by atoms with Gasteiger partial charge < -0.3 is 0 Å². The molecule has 2 aliphatic heterocycles. The van der Waals surface area contributed by atoms with Gasteiger partial charge in [-0.05, 0) is 19.3 Å². The Labute approximate surface area is 73.1 Å². The quantitative estimate of drug-likeness (QED) is 0.524. The smallest absolute Gasteiger partial charge is 0.212 e. The predicted octanol–water partition coefficient (Wildman–Crippen LogP) is 0.741. The van der Waals surface area contributed by atoms with Crippen molar-refractivity contribution in [2.75, 3.05) is 12.3 Å². The molecule has 1 fully saturated rings. The van der Waals surface area contributed by atoms with E-state index < -0.39 is 10.0 Å². The van der Waals surface area contributed by atoms with E-state index in [1.54, 1.807) is 4.31 Å². The number of nitrogens with zero attached hydrogens (tertiary/aromatic N) is 1. The van der Waals surface area contributed by atoms with Crippen LogP contribution < -0.4 is 0 Å². The molecule has 0 aliphatic carbocycles. The Morgan fingerprint density at radius 1 is 1.42 bits per heavy atom. The number of hydrogen-bond acceptors (Lipinski definition) is 2. The third kappa shape index (κ3) is 1.29. The van der Waals surface area contributed by atoms with Gasteiger partial charge in [0.15, 0.2) is 0 Å². The summed E-state index contributed by atoms with van der Waals surface area (Å²) in [7, 11) is -2.90. The normalized spacial score (nSPS) is 34.5. The Hall–Kier alpha value is -0.350. The molecule has 0 aromatic rings. The largest absolute Gasteiger partial charge is 0.214 e. The molecule has 2 heterocycles. The summed E-state index contributed by atoms with van der Waals surface area (Å²) < 4.78 is 24.7. The molecule has 0 saturated carbocycles. The van der Waals surface area contributed by atoms with Crippen LogP contribution in [-0.4, -0.2) is 31.1 Å². The molecule has 0 spiro atoms. The van der Waals surface area contributed by atoms with Gasteiger partial charge in [-0.25, -0.2) is 8.42 Å². The van der Waals surface area contributed by atoms with E-state index in [9.17, 15) is 8.42 Å². The highest BCUT2D eigenvalue weighted by molar-refractivity contribution is 7.89. The van der Waals surface area contributed by atoms with Crippen LogP contribution in [0.1, 0.15) is 19.3 Å². The first kappa shape index (κ1) is 8.26. The summed E-state index contributed by atoms with van der Waals surface area (Å²) in [6.07, 6.45) is 6.79. The van der Waals surface area contributed by atoms with E-state index in [1.165, 1.54) is 0 Å². The molecule has 3 nitrogen and oxygen atoms in total. The van der Waals surface area contributed by atoms with Crippen LogP contribution in [0.5, 0.6) is 0 Å². The molecule has 2 aliphatic rings. The van der Waals surface area contributed by atoms with E-state index in [1.807, 2.05) is 6.08 Å². The second-order valence-corrected chi connectivity index (χ2v) is 5.39. The zero-order chi connectivity index (χ0) is 8.60. The van der Waals surface area contributed by atoms with Gasteiger partial charge in [-0.15, -0.1) is 0 Å². The molecular weight excluding hydrogens is 174 g/mol. The lowest BCUT2D eigenvalue weighted by Gasteiger charge is -2.34. The fourth-order valence-corrected chi connectivity index (χ4v) is 3.63. The monoisotopic (exact) mass is 187 g/mol. The van der Waals surface area contributed by atoms with Gasteiger partial charge in [-0.1, -0.05) is 12.2 Å². The van der Waals surface area contributed by atoms with Crippen LogP contribution in [0.15, 0.2) is 12.2 Å². The highest BCUT2D eigenvalue weighted by Gasteiger charge is 2.33. The summed E-state index contributed by atoms with van der Waals surface area (Å²) in [5, 5.41) is 0. The van der Waals surface area contributed by atoms with Crippen molar-refractivity contribution in [2.45, 2.75) is 25.3 Å². The van der Waals surface area contributed by atoms with E-state index in [0.717, 1.165) is 19.3 Å². The number of rotatable bonds is 0. The van der Waals surface area contributed by atoms with E-state index in [4.69, 9.17) is 0 Å². The Bertz CT molecular complexity index is 294. The van der Waals surface area contributed by atoms with Gasteiger partial charge in [-0.2, -0.15) is 4.31 Å². The highest BCUT2D eigenvalue weighted by atomic mass is 32.2. The van der Waals surface area contributed by atoms with Gasteiger partial charge >= 0.3 is 0 Å². The van der Waals surface area contributed by atoms with Crippen LogP contribution in [0.2, 0.25) is 0 Å². The molecule has 1 atom stereocenters. The van der Waals surface area contributed by atoms with Gasteiger partial charge in [0.25, 0.3) is 0 Å². The summed E-state index contributed by atoms with van der Waals surface area (Å²) in [5.41, 5.74) is 0. The summed E-state index contributed by atoms with van der Waals surface area (Å²) in [6.45, 7) is 0.684.